The average Bonchev–Trinajstić information content (AvgIpc) is 2.48. The highest BCUT2D eigenvalue weighted by atomic mass is 35.5. The van der Waals surface area contributed by atoms with Crippen molar-refractivity contribution in [2.45, 2.75) is 31.7 Å². The van der Waals surface area contributed by atoms with Gasteiger partial charge in [-0.15, -0.1) is 0 Å². The van der Waals surface area contributed by atoms with Gasteiger partial charge in [0.2, 0.25) is 0 Å². The van der Waals surface area contributed by atoms with Crippen LogP contribution in [0.4, 0.5) is 0 Å². The van der Waals surface area contributed by atoms with Crippen LogP contribution < -0.4 is 5.73 Å². The summed E-state index contributed by atoms with van der Waals surface area (Å²) in [6.07, 6.45) is 4.33. The van der Waals surface area contributed by atoms with Crippen LogP contribution in [0.2, 0.25) is 5.02 Å². The quantitative estimate of drug-likeness (QED) is 0.901. The summed E-state index contributed by atoms with van der Waals surface area (Å²) in [6, 6.07) is 4.59. The van der Waals surface area contributed by atoms with Gasteiger partial charge in [-0.3, -0.25) is 4.79 Å². The molecule has 5 heteroatoms. The highest BCUT2D eigenvalue weighted by molar-refractivity contribution is 6.33. The first-order chi connectivity index (χ1) is 9.54. The van der Waals surface area contributed by atoms with E-state index in [1.54, 1.807) is 18.0 Å². The number of amides is 1. The lowest BCUT2D eigenvalue weighted by Crippen LogP contribution is -2.46. The summed E-state index contributed by atoms with van der Waals surface area (Å²) < 4.78 is 0. The van der Waals surface area contributed by atoms with Gasteiger partial charge in [0.25, 0.3) is 5.91 Å². The van der Waals surface area contributed by atoms with Gasteiger partial charge in [0.1, 0.15) is 5.75 Å². The van der Waals surface area contributed by atoms with Crippen LogP contribution in [0.5, 0.6) is 5.75 Å². The minimum Gasteiger partial charge on any atom is -0.508 e. The lowest BCUT2D eigenvalue weighted by molar-refractivity contribution is 0.0620. The van der Waals surface area contributed by atoms with E-state index >= 15 is 0 Å². The van der Waals surface area contributed by atoms with Gasteiger partial charge in [-0.05, 0) is 43.5 Å². The van der Waals surface area contributed by atoms with E-state index in [1.807, 2.05) is 0 Å². The summed E-state index contributed by atoms with van der Waals surface area (Å²) in [4.78, 5) is 14.3. The molecule has 0 saturated heterocycles. The number of nitrogens with zero attached hydrogens (tertiary/aromatic N) is 1. The van der Waals surface area contributed by atoms with Gasteiger partial charge in [-0.1, -0.05) is 24.4 Å². The number of hydrogen-bond donors (Lipinski definition) is 2. The fourth-order valence-electron chi connectivity index (χ4n) is 2.99. The lowest BCUT2D eigenvalue weighted by Gasteiger charge is -2.37. The third kappa shape index (κ3) is 3.07. The SMILES string of the molecule is CN(C(=O)c1cc(O)ccc1Cl)C1CCCCC1CN. The second-order valence-electron chi connectivity index (χ2n) is 5.43. The summed E-state index contributed by atoms with van der Waals surface area (Å²) in [6.45, 7) is 0.593. The van der Waals surface area contributed by atoms with E-state index in [9.17, 15) is 9.90 Å². The monoisotopic (exact) mass is 296 g/mol. The molecule has 0 spiro atoms. The summed E-state index contributed by atoms with van der Waals surface area (Å²) in [5.74, 6) is 0.232. The predicted molar refractivity (Wildman–Crippen MR) is 80.0 cm³/mol. The molecule has 1 amide bonds. The minimum absolute atomic E-state index is 0.0465. The molecule has 1 fully saturated rings. The maximum absolute atomic E-state index is 12.6. The maximum atomic E-state index is 12.6. The van der Waals surface area contributed by atoms with Gasteiger partial charge < -0.3 is 15.7 Å². The summed E-state index contributed by atoms with van der Waals surface area (Å²) in [7, 11) is 1.79. The van der Waals surface area contributed by atoms with Gasteiger partial charge in [-0.2, -0.15) is 0 Å². The number of hydrogen-bond acceptors (Lipinski definition) is 3. The van der Waals surface area contributed by atoms with Crippen LogP contribution in [0.25, 0.3) is 0 Å². The Kier molecular flexibility index (Phi) is 4.89. The van der Waals surface area contributed by atoms with E-state index in [-0.39, 0.29) is 17.7 Å². The van der Waals surface area contributed by atoms with E-state index in [1.165, 1.54) is 18.6 Å². The maximum Gasteiger partial charge on any atom is 0.255 e. The van der Waals surface area contributed by atoms with Crippen LogP contribution in [-0.2, 0) is 0 Å². The summed E-state index contributed by atoms with van der Waals surface area (Å²) >= 11 is 6.06. The zero-order chi connectivity index (χ0) is 14.7. The van der Waals surface area contributed by atoms with Gasteiger partial charge in [0.05, 0.1) is 10.6 Å². The van der Waals surface area contributed by atoms with Crippen molar-refractivity contribution < 1.29 is 9.90 Å². The summed E-state index contributed by atoms with van der Waals surface area (Å²) in [5.41, 5.74) is 6.16. The third-order valence-electron chi connectivity index (χ3n) is 4.17. The van der Waals surface area contributed by atoms with Crippen LogP contribution in [0.3, 0.4) is 0 Å². The summed E-state index contributed by atoms with van der Waals surface area (Å²) in [5, 5.41) is 9.89. The van der Waals surface area contributed by atoms with E-state index in [2.05, 4.69) is 0 Å². The van der Waals surface area contributed by atoms with Crippen LogP contribution in [0.15, 0.2) is 18.2 Å². The molecule has 1 aliphatic rings. The molecular formula is C15H21ClN2O2. The van der Waals surface area contributed by atoms with Crippen molar-refractivity contribution in [2.24, 2.45) is 11.7 Å². The van der Waals surface area contributed by atoms with Crippen molar-refractivity contribution in [3.05, 3.63) is 28.8 Å². The molecular weight excluding hydrogens is 276 g/mol. The molecule has 1 aromatic rings. The number of phenolic OH excluding ortho intramolecular Hbond substituents is 1. The first-order valence-corrected chi connectivity index (χ1v) is 7.38. The largest absolute Gasteiger partial charge is 0.508 e. The normalized spacial score (nSPS) is 22.6. The van der Waals surface area contributed by atoms with E-state index in [0.29, 0.717) is 23.0 Å². The lowest BCUT2D eigenvalue weighted by atomic mass is 9.83. The highest BCUT2D eigenvalue weighted by Crippen LogP contribution is 2.29. The van der Waals surface area contributed by atoms with Crippen LogP contribution >= 0.6 is 11.6 Å². The van der Waals surface area contributed by atoms with Crippen molar-refractivity contribution in [2.75, 3.05) is 13.6 Å². The molecule has 2 rings (SSSR count). The Balaban J connectivity index is 2.21. The van der Waals surface area contributed by atoms with Gasteiger partial charge >= 0.3 is 0 Å². The standard InChI is InChI=1S/C15H21ClN2O2/c1-18(14-5-3-2-4-10(14)9-17)15(20)12-8-11(19)6-7-13(12)16/h6-8,10,14,19H,2-5,9,17H2,1H3. The number of benzene rings is 1. The Bertz CT molecular complexity index is 493. The third-order valence-corrected chi connectivity index (χ3v) is 4.50. The smallest absolute Gasteiger partial charge is 0.255 e. The number of aromatic hydroxyl groups is 1. The van der Waals surface area contributed by atoms with Crippen molar-refractivity contribution in [3.63, 3.8) is 0 Å². The minimum atomic E-state index is -0.156. The molecule has 4 nitrogen and oxygen atoms in total. The first-order valence-electron chi connectivity index (χ1n) is 7.00. The molecule has 0 radical (unpaired) electrons. The van der Waals surface area contributed by atoms with Gasteiger partial charge in [-0.25, -0.2) is 0 Å². The van der Waals surface area contributed by atoms with Crippen molar-refractivity contribution in [1.82, 2.24) is 4.90 Å². The van der Waals surface area contributed by atoms with Gasteiger partial charge in [0, 0.05) is 13.1 Å². The van der Waals surface area contributed by atoms with Crippen molar-refractivity contribution in [1.29, 1.82) is 0 Å². The molecule has 2 unspecified atom stereocenters. The van der Waals surface area contributed by atoms with Crippen LogP contribution in [-0.4, -0.2) is 35.5 Å². The molecule has 0 heterocycles. The zero-order valence-corrected chi connectivity index (χ0v) is 12.4. The molecule has 2 atom stereocenters. The number of rotatable bonds is 3. The Labute approximate surface area is 124 Å². The molecule has 1 saturated carbocycles. The van der Waals surface area contributed by atoms with Crippen LogP contribution in [0, 0.1) is 5.92 Å². The van der Waals surface area contributed by atoms with E-state index in [4.69, 9.17) is 17.3 Å². The van der Waals surface area contributed by atoms with Crippen molar-refractivity contribution >= 4 is 17.5 Å². The molecule has 20 heavy (non-hydrogen) atoms. The van der Waals surface area contributed by atoms with E-state index < -0.39 is 0 Å². The number of carbonyl (C=O) groups excluding carboxylic acids is 1. The Morgan fingerprint density at radius 3 is 2.85 bits per heavy atom. The van der Waals surface area contributed by atoms with Gasteiger partial charge in [0.15, 0.2) is 0 Å². The molecule has 1 aromatic carbocycles. The molecule has 0 aliphatic heterocycles. The molecule has 110 valence electrons. The highest BCUT2D eigenvalue weighted by Gasteiger charge is 2.31. The van der Waals surface area contributed by atoms with Crippen molar-refractivity contribution in [3.8, 4) is 5.75 Å². The number of nitrogens with two attached hydrogens (primary N) is 1. The van der Waals surface area contributed by atoms with E-state index in [0.717, 1.165) is 19.3 Å². The number of halogens is 1. The number of carbonyl (C=O) groups is 1. The fourth-order valence-corrected chi connectivity index (χ4v) is 3.19. The Hall–Kier alpha value is -1.26. The zero-order valence-electron chi connectivity index (χ0n) is 11.7. The second kappa shape index (κ2) is 6.46. The number of phenols is 1. The average molecular weight is 297 g/mol. The molecule has 0 aromatic heterocycles. The predicted octanol–water partition coefficient (Wildman–Crippen LogP) is 2.64. The fraction of sp³-hybridized carbons (Fsp3) is 0.533. The topological polar surface area (TPSA) is 66.6 Å². The first kappa shape index (κ1) is 15.1. The molecule has 1 aliphatic carbocycles. The van der Waals surface area contributed by atoms with Crippen LogP contribution in [0.1, 0.15) is 36.0 Å². The second-order valence-corrected chi connectivity index (χ2v) is 5.83. The molecule has 3 N–H and O–H groups in total. The Morgan fingerprint density at radius 1 is 1.45 bits per heavy atom. The Morgan fingerprint density at radius 2 is 2.15 bits per heavy atom. The molecule has 0 bridgehead atoms.